The molecule has 1 aromatic heterocycles. The van der Waals surface area contributed by atoms with Crippen LogP contribution in [0.15, 0.2) is 47.5 Å². The number of methoxy groups -OCH3 is 2. The van der Waals surface area contributed by atoms with E-state index in [-0.39, 0.29) is 17.6 Å². The topological polar surface area (TPSA) is 82.0 Å². The van der Waals surface area contributed by atoms with E-state index < -0.39 is 6.04 Å². The lowest BCUT2D eigenvalue weighted by molar-refractivity contribution is -0.125. The van der Waals surface area contributed by atoms with Crippen LogP contribution in [0.4, 0.5) is 5.69 Å². The summed E-state index contributed by atoms with van der Waals surface area (Å²) in [7, 11) is 5.09. The number of anilines is 1. The smallest absolute Gasteiger partial charge is 0.247 e. The van der Waals surface area contributed by atoms with Gasteiger partial charge in [-0.05, 0) is 19.4 Å². The third-order valence-corrected chi connectivity index (χ3v) is 7.21. The van der Waals surface area contributed by atoms with Crippen molar-refractivity contribution in [3.63, 3.8) is 0 Å². The van der Waals surface area contributed by atoms with Gasteiger partial charge in [0.2, 0.25) is 11.8 Å². The molecule has 1 N–H and O–H groups in total. The Labute approximate surface area is 209 Å². The molecule has 8 nitrogen and oxygen atoms in total. The minimum atomic E-state index is -0.859. The number of aryl methyl sites for hydroxylation is 1. The number of carbonyl (C=O) groups excluding carboxylic acids is 2. The molecule has 1 aliphatic rings. The maximum absolute atomic E-state index is 13.8. The molecular formula is C26H31N3O5S. The molecule has 186 valence electrons. The van der Waals surface area contributed by atoms with Gasteiger partial charge in [-0.15, -0.1) is 0 Å². The second-order valence-corrected chi connectivity index (χ2v) is 9.13. The third-order valence-electron chi connectivity index (χ3n) is 6.05. The van der Waals surface area contributed by atoms with Gasteiger partial charge >= 0.3 is 0 Å². The highest BCUT2D eigenvalue weighted by molar-refractivity contribution is 8.00. The van der Waals surface area contributed by atoms with Crippen molar-refractivity contribution in [1.29, 1.82) is 0 Å². The van der Waals surface area contributed by atoms with Gasteiger partial charge in [-0.2, -0.15) is 0 Å². The molecule has 0 bridgehead atoms. The summed E-state index contributed by atoms with van der Waals surface area (Å²) in [6, 6.07) is 12.4. The maximum atomic E-state index is 13.8. The minimum Gasteiger partial charge on any atom is -0.497 e. The summed E-state index contributed by atoms with van der Waals surface area (Å²) in [6.07, 6.45) is 0.685. The number of amides is 2. The monoisotopic (exact) mass is 497 g/mol. The third kappa shape index (κ3) is 4.97. The summed E-state index contributed by atoms with van der Waals surface area (Å²) >= 11 is 1.45. The highest BCUT2D eigenvalue weighted by atomic mass is 32.2. The zero-order chi connectivity index (χ0) is 24.9. The molecule has 2 heterocycles. The van der Waals surface area contributed by atoms with Gasteiger partial charge in [0.25, 0.3) is 0 Å². The van der Waals surface area contributed by atoms with Crippen molar-refractivity contribution in [2.24, 2.45) is 7.05 Å². The van der Waals surface area contributed by atoms with Crippen LogP contribution in [0.5, 0.6) is 11.5 Å². The fraction of sp³-hybridized carbons (Fsp3) is 0.385. The molecule has 0 spiro atoms. The number of ether oxygens (including phenoxy) is 3. The lowest BCUT2D eigenvalue weighted by atomic mass is 10.0. The second-order valence-electron chi connectivity index (χ2n) is 8.16. The van der Waals surface area contributed by atoms with Crippen molar-refractivity contribution in [3.05, 3.63) is 48.0 Å². The van der Waals surface area contributed by atoms with Crippen LogP contribution in [0.2, 0.25) is 0 Å². The van der Waals surface area contributed by atoms with E-state index in [9.17, 15) is 9.59 Å². The van der Waals surface area contributed by atoms with Gasteiger partial charge in [-0.3, -0.25) is 14.5 Å². The van der Waals surface area contributed by atoms with Gasteiger partial charge in [0, 0.05) is 61.5 Å². The van der Waals surface area contributed by atoms with E-state index in [1.807, 2.05) is 38.2 Å². The van der Waals surface area contributed by atoms with E-state index in [1.54, 1.807) is 37.3 Å². The van der Waals surface area contributed by atoms with Crippen LogP contribution in [-0.2, 0) is 21.4 Å². The standard InChI is InChI=1S/C26H31N3O5S/c1-5-34-12-8-11-27-25(31)24-23-20-9-6-7-10-21(20)28(2)26(23)35-16-22(30)29(24)17-13-18(32-3)15-19(14-17)33-4/h6-7,9-10,13-15,24H,5,8,11-12,16H2,1-4H3,(H,27,31)/t24-/m1/s1. The number of thioether (sulfide) groups is 1. The Bertz CT molecular complexity index is 1200. The summed E-state index contributed by atoms with van der Waals surface area (Å²) in [6.45, 7) is 3.58. The predicted molar refractivity (Wildman–Crippen MR) is 138 cm³/mol. The zero-order valence-corrected chi connectivity index (χ0v) is 21.3. The molecule has 9 heteroatoms. The predicted octanol–water partition coefficient (Wildman–Crippen LogP) is 3.92. The van der Waals surface area contributed by atoms with E-state index in [2.05, 4.69) is 9.88 Å². The van der Waals surface area contributed by atoms with Crippen LogP contribution in [0, 0.1) is 0 Å². The van der Waals surface area contributed by atoms with E-state index >= 15 is 0 Å². The molecule has 1 aliphatic heterocycles. The molecule has 0 saturated carbocycles. The van der Waals surface area contributed by atoms with Crippen molar-refractivity contribution in [1.82, 2.24) is 9.88 Å². The lowest BCUT2D eigenvalue weighted by Gasteiger charge is -2.30. The van der Waals surface area contributed by atoms with Crippen molar-refractivity contribution in [2.75, 3.05) is 44.6 Å². The Hall–Kier alpha value is -3.17. The van der Waals surface area contributed by atoms with E-state index in [4.69, 9.17) is 14.2 Å². The normalized spacial score (nSPS) is 15.6. The molecule has 2 aromatic carbocycles. The Kier molecular flexibility index (Phi) is 7.87. The number of benzene rings is 2. The lowest BCUT2D eigenvalue weighted by Crippen LogP contribution is -2.44. The first kappa shape index (κ1) is 24.9. The number of para-hydroxylation sites is 1. The van der Waals surface area contributed by atoms with Gasteiger partial charge in [0.15, 0.2) is 0 Å². The first-order valence-corrected chi connectivity index (χ1v) is 12.6. The number of nitrogens with zero attached hydrogens (tertiary/aromatic N) is 2. The van der Waals surface area contributed by atoms with Gasteiger partial charge in [0.1, 0.15) is 17.5 Å². The molecule has 0 aliphatic carbocycles. The van der Waals surface area contributed by atoms with Crippen molar-refractivity contribution in [2.45, 2.75) is 24.4 Å². The van der Waals surface area contributed by atoms with Crippen LogP contribution in [-0.4, -0.2) is 56.1 Å². The average molecular weight is 498 g/mol. The zero-order valence-electron chi connectivity index (χ0n) is 20.5. The van der Waals surface area contributed by atoms with Crippen molar-refractivity contribution >= 4 is 40.2 Å². The van der Waals surface area contributed by atoms with Crippen LogP contribution in [0.3, 0.4) is 0 Å². The largest absolute Gasteiger partial charge is 0.497 e. The second kappa shape index (κ2) is 11.0. The maximum Gasteiger partial charge on any atom is 0.247 e. The molecule has 0 fully saturated rings. The number of hydrogen-bond donors (Lipinski definition) is 1. The SMILES string of the molecule is CCOCCCNC(=O)[C@H]1c2c(n(C)c3ccccc23)SCC(=O)N1c1cc(OC)cc(OC)c1. The van der Waals surface area contributed by atoms with Gasteiger partial charge in [-0.1, -0.05) is 30.0 Å². The molecule has 1 atom stereocenters. The van der Waals surface area contributed by atoms with Crippen molar-refractivity contribution in [3.8, 4) is 11.5 Å². The van der Waals surface area contributed by atoms with Gasteiger partial charge in [0.05, 0.1) is 30.7 Å². The molecule has 4 rings (SSSR count). The van der Waals surface area contributed by atoms with Gasteiger partial charge in [-0.25, -0.2) is 0 Å². The first-order valence-electron chi connectivity index (χ1n) is 11.6. The van der Waals surface area contributed by atoms with E-state index in [1.165, 1.54) is 11.8 Å². The van der Waals surface area contributed by atoms with Crippen molar-refractivity contribution < 1.29 is 23.8 Å². The quantitative estimate of drug-likeness (QED) is 0.452. The van der Waals surface area contributed by atoms with Crippen LogP contribution in [0.25, 0.3) is 10.9 Å². The number of carbonyl (C=O) groups is 2. The number of nitrogens with one attached hydrogen (secondary N) is 1. The Morgan fingerprint density at radius 1 is 1.14 bits per heavy atom. The number of aromatic nitrogens is 1. The first-order chi connectivity index (χ1) is 17.0. The molecule has 3 aromatic rings. The van der Waals surface area contributed by atoms with Crippen LogP contribution in [0.1, 0.15) is 24.9 Å². The average Bonchev–Trinajstić information content (AvgIpc) is 3.05. The fourth-order valence-electron chi connectivity index (χ4n) is 4.41. The molecule has 35 heavy (non-hydrogen) atoms. The molecule has 0 saturated heterocycles. The summed E-state index contributed by atoms with van der Waals surface area (Å²) in [5, 5.41) is 4.89. The van der Waals surface area contributed by atoms with E-state index in [0.29, 0.717) is 43.4 Å². The molecular weight excluding hydrogens is 466 g/mol. The Morgan fingerprint density at radius 3 is 2.54 bits per heavy atom. The summed E-state index contributed by atoms with van der Waals surface area (Å²) < 4.78 is 18.4. The van der Waals surface area contributed by atoms with E-state index in [0.717, 1.165) is 21.5 Å². The summed E-state index contributed by atoms with van der Waals surface area (Å²) in [5.41, 5.74) is 2.38. The molecule has 0 unspecified atom stereocenters. The van der Waals surface area contributed by atoms with Crippen LogP contribution >= 0.6 is 11.8 Å². The highest BCUT2D eigenvalue weighted by Gasteiger charge is 2.40. The minimum absolute atomic E-state index is 0.167. The Balaban J connectivity index is 1.85. The fourth-order valence-corrected chi connectivity index (χ4v) is 5.48. The molecule has 2 amide bonds. The van der Waals surface area contributed by atoms with Gasteiger partial charge < -0.3 is 24.1 Å². The summed E-state index contributed by atoms with van der Waals surface area (Å²) in [5.74, 6) is 0.873. The van der Waals surface area contributed by atoms with Crippen LogP contribution < -0.4 is 19.7 Å². The number of hydrogen-bond acceptors (Lipinski definition) is 6. The molecule has 0 radical (unpaired) electrons. The Morgan fingerprint density at radius 2 is 1.86 bits per heavy atom. The summed E-state index contributed by atoms with van der Waals surface area (Å²) in [4.78, 5) is 29.0. The number of fused-ring (bicyclic) bond motifs is 3. The number of rotatable bonds is 9. The highest BCUT2D eigenvalue weighted by Crippen LogP contribution is 2.44.